The Balaban J connectivity index is 1.79. The number of anilines is 4. The molecule has 2 heterocycles. The first-order chi connectivity index (χ1) is 14.9. The summed E-state index contributed by atoms with van der Waals surface area (Å²) >= 11 is 5.88. The van der Waals surface area contributed by atoms with Gasteiger partial charge in [-0.05, 0) is 44.2 Å². The number of halogens is 2. The van der Waals surface area contributed by atoms with E-state index in [1.807, 2.05) is 30.3 Å². The number of nitrogens with one attached hydrogen (secondary N) is 1. The first kappa shape index (κ1) is 21.0. The molecule has 4 rings (SSSR count). The van der Waals surface area contributed by atoms with Crippen molar-refractivity contribution in [1.82, 2.24) is 9.97 Å². The van der Waals surface area contributed by atoms with Crippen LogP contribution in [0.5, 0.6) is 0 Å². The molecule has 2 aromatic carbocycles. The van der Waals surface area contributed by atoms with E-state index in [4.69, 9.17) is 11.6 Å². The summed E-state index contributed by atoms with van der Waals surface area (Å²) in [5.74, 6) is 0.0698. The molecule has 0 radical (unpaired) electrons. The molecule has 0 fully saturated rings. The maximum Gasteiger partial charge on any atom is 0.331 e. The second kappa shape index (κ2) is 8.49. The zero-order valence-electron chi connectivity index (χ0n) is 17.0. The van der Waals surface area contributed by atoms with Gasteiger partial charge in [-0.1, -0.05) is 29.8 Å². The highest BCUT2D eigenvalue weighted by molar-refractivity contribution is 6.30. The minimum absolute atomic E-state index is 0.0918. The Morgan fingerprint density at radius 2 is 2.00 bits per heavy atom. The lowest BCUT2D eigenvalue weighted by molar-refractivity contribution is 0.232. The lowest BCUT2D eigenvalue weighted by atomic mass is 10.0. The molecule has 0 aliphatic carbocycles. The smallest absolute Gasteiger partial charge is 0.331 e. The number of aliphatic hydroxyl groups excluding tert-OH is 1. The maximum atomic E-state index is 14.7. The molecule has 2 unspecified atom stereocenters. The third kappa shape index (κ3) is 3.92. The van der Waals surface area contributed by atoms with Crippen molar-refractivity contribution in [3.8, 4) is 0 Å². The molecule has 1 aliphatic rings. The first-order valence-electron chi connectivity index (χ1n) is 9.78. The third-order valence-electron chi connectivity index (χ3n) is 5.18. The number of para-hydroxylation sites is 1. The fourth-order valence-corrected chi connectivity index (χ4v) is 3.72. The van der Waals surface area contributed by atoms with Crippen LogP contribution in [0.2, 0.25) is 5.02 Å². The Bertz CT molecular complexity index is 1110. The van der Waals surface area contributed by atoms with Crippen LogP contribution in [0.3, 0.4) is 0 Å². The normalized spacial score (nSPS) is 16.8. The van der Waals surface area contributed by atoms with Crippen molar-refractivity contribution in [2.75, 3.05) is 21.7 Å². The molecule has 0 spiro atoms. The van der Waals surface area contributed by atoms with Crippen LogP contribution in [-0.2, 0) is 0 Å². The topological polar surface area (TPSA) is 81.6 Å². The monoisotopic (exact) mass is 441 g/mol. The van der Waals surface area contributed by atoms with E-state index in [1.165, 1.54) is 21.9 Å². The predicted octanol–water partition coefficient (Wildman–Crippen LogP) is 4.90. The SMILES string of the molecule is CC(CO)N1C(=O)N(c2ccc(Cl)cc2F)C(C)c2cnc(Nc3ccccc3)nc21. The zero-order valence-corrected chi connectivity index (χ0v) is 17.7. The Labute approximate surface area is 184 Å². The fourth-order valence-electron chi connectivity index (χ4n) is 3.56. The van der Waals surface area contributed by atoms with Gasteiger partial charge in [-0.2, -0.15) is 4.98 Å². The Morgan fingerprint density at radius 3 is 2.68 bits per heavy atom. The molecule has 9 heteroatoms. The Hall–Kier alpha value is -3.23. The van der Waals surface area contributed by atoms with E-state index in [0.29, 0.717) is 17.3 Å². The average molecular weight is 442 g/mol. The summed E-state index contributed by atoms with van der Waals surface area (Å²) in [5, 5.41) is 13.1. The van der Waals surface area contributed by atoms with Crippen LogP contribution in [0, 0.1) is 5.82 Å². The minimum Gasteiger partial charge on any atom is -0.394 e. The lowest BCUT2D eigenvalue weighted by Crippen LogP contribution is -2.54. The highest BCUT2D eigenvalue weighted by Gasteiger charge is 2.41. The zero-order chi connectivity index (χ0) is 22.1. The molecule has 31 heavy (non-hydrogen) atoms. The van der Waals surface area contributed by atoms with Gasteiger partial charge >= 0.3 is 6.03 Å². The van der Waals surface area contributed by atoms with E-state index in [9.17, 15) is 14.3 Å². The highest BCUT2D eigenvalue weighted by Crippen LogP contribution is 2.40. The van der Waals surface area contributed by atoms with Gasteiger partial charge in [0.25, 0.3) is 0 Å². The number of aromatic nitrogens is 2. The van der Waals surface area contributed by atoms with Crippen LogP contribution in [0.15, 0.2) is 54.7 Å². The first-order valence-corrected chi connectivity index (χ1v) is 10.2. The molecule has 160 valence electrons. The van der Waals surface area contributed by atoms with Crippen molar-refractivity contribution in [2.24, 2.45) is 0 Å². The summed E-state index contributed by atoms with van der Waals surface area (Å²) in [7, 11) is 0. The van der Waals surface area contributed by atoms with Crippen LogP contribution in [0.25, 0.3) is 0 Å². The molecule has 7 nitrogen and oxygen atoms in total. The van der Waals surface area contributed by atoms with Gasteiger partial charge in [0, 0.05) is 22.5 Å². The summed E-state index contributed by atoms with van der Waals surface area (Å²) in [6.45, 7) is 3.18. The fraction of sp³-hybridized carbons (Fsp3) is 0.227. The van der Waals surface area contributed by atoms with E-state index in [2.05, 4.69) is 15.3 Å². The van der Waals surface area contributed by atoms with Gasteiger partial charge in [-0.15, -0.1) is 0 Å². The van der Waals surface area contributed by atoms with Gasteiger partial charge in [0.15, 0.2) is 0 Å². The molecule has 2 atom stereocenters. The van der Waals surface area contributed by atoms with Crippen molar-refractivity contribution in [3.05, 3.63) is 71.1 Å². The van der Waals surface area contributed by atoms with Gasteiger partial charge in [0.2, 0.25) is 5.95 Å². The number of urea groups is 1. The molecular formula is C22H21ClFN5O2. The lowest BCUT2D eigenvalue weighted by Gasteiger charge is -2.42. The summed E-state index contributed by atoms with van der Waals surface area (Å²) in [5.41, 5.74) is 1.52. The summed E-state index contributed by atoms with van der Waals surface area (Å²) in [4.78, 5) is 25.1. The molecule has 3 aromatic rings. The number of hydrogen-bond acceptors (Lipinski definition) is 5. The highest BCUT2D eigenvalue weighted by atomic mass is 35.5. The number of aliphatic hydroxyl groups is 1. The number of benzene rings is 2. The van der Waals surface area contributed by atoms with Crippen LogP contribution >= 0.6 is 11.6 Å². The van der Waals surface area contributed by atoms with E-state index in [-0.39, 0.29) is 17.3 Å². The largest absolute Gasteiger partial charge is 0.394 e. The van der Waals surface area contributed by atoms with Crippen molar-refractivity contribution in [1.29, 1.82) is 0 Å². The van der Waals surface area contributed by atoms with Gasteiger partial charge < -0.3 is 10.4 Å². The van der Waals surface area contributed by atoms with Crippen LogP contribution in [-0.4, -0.2) is 33.8 Å². The molecule has 2 amide bonds. The molecule has 2 N–H and O–H groups in total. The second-order valence-electron chi connectivity index (χ2n) is 7.29. The standard InChI is InChI=1S/C22H21ClFN5O2/c1-13(12-30)28-20-17(11-25-21(27-20)26-16-6-4-3-5-7-16)14(2)29(22(28)31)19-9-8-15(23)10-18(19)24/h3-11,13-14,30H,12H2,1-2H3,(H,25,26,27). The number of hydrogen-bond donors (Lipinski definition) is 2. The van der Waals surface area contributed by atoms with Crippen molar-refractivity contribution < 1.29 is 14.3 Å². The van der Waals surface area contributed by atoms with Crippen LogP contribution in [0.1, 0.15) is 25.5 Å². The second-order valence-corrected chi connectivity index (χ2v) is 7.73. The molecular weight excluding hydrogens is 421 g/mol. The number of carbonyl (C=O) groups excluding carboxylic acids is 1. The Kier molecular flexibility index (Phi) is 5.75. The van der Waals surface area contributed by atoms with Crippen LogP contribution < -0.4 is 15.1 Å². The van der Waals surface area contributed by atoms with E-state index >= 15 is 0 Å². The van der Waals surface area contributed by atoms with E-state index in [0.717, 1.165) is 11.8 Å². The average Bonchev–Trinajstić information content (AvgIpc) is 2.75. The number of amides is 2. The molecule has 1 aromatic heterocycles. The van der Waals surface area contributed by atoms with Crippen molar-refractivity contribution in [2.45, 2.75) is 25.9 Å². The van der Waals surface area contributed by atoms with Crippen molar-refractivity contribution in [3.63, 3.8) is 0 Å². The maximum absolute atomic E-state index is 14.7. The third-order valence-corrected chi connectivity index (χ3v) is 5.41. The number of nitrogens with zero attached hydrogens (tertiary/aromatic N) is 4. The predicted molar refractivity (Wildman–Crippen MR) is 118 cm³/mol. The molecule has 0 saturated heterocycles. The summed E-state index contributed by atoms with van der Waals surface area (Å²) in [6.07, 6.45) is 1.61. The van der Waals surface area contributed by atoms with Gasteiger partial charge in [-0.25, -0.2) is 14.2 Å². The van der Waals surface area contributed by atoms with Gasteiger partial charge in [-0.3, -0.25) is 9.80 Å². The van der Waals surface area contributed by atoms with Crippen molar-refractivity contribution >= 4 is 40.8 Å². The molecule has 0 bridgehead atoms. The molecule has 0 saturated carbocycles. The van der Waals surface area contributed by atoms with E-state index < -0.39 is 23.9 Å². The van der Waals surface area contributed by atoms with Gasteiger partial charge in [0.05, 0.1) is 24.4 Å². The van der Waals surface area contributed by atoms with E-state index in [1.54, 1.807) is 20.0 Å². The molecule has 1 aliphatic heterocycles. The minimum atomic E-state index is -0.615. The summed E-state index contributed by atoms with van der Waals surface area (Å²) in [6, 6.07) is 11.9. The quantitative estimate of drug-likeness (QED) is 0.588. The summed E-state index contributed by atoms with van der Waals surface area (Å²) < 4.78 is 14.7. The van der Waals surface area contributed by atoms with Crippen LogP contribution in [0.4, 0.5) is 32.3 Å². The Morgan fingerprint density at radius 1 is 1.26 bits per heavy atom. The number of rotatable bonds is 5. The number of carbonyl (C=O) groups is 1. The number of fused-ring (bicyclic) bond motifs is 1. The van der Waals surface area contributed by atoms with Gasteiger partial charge in [0.1, 0.15) is 11.6 Å².